The number of nitrogens with zero attached hydrogens (tertiary/aromatic N) is 2. The number of rotatable bonds is 3. The predicted molar refractivity (Wildman–Crippen MR) is 81.3 cm³/mol. The van der Waals surface area contributed by atoms with Gasteiger partial charge in [-0.15, -0.1) is 16.4 Å². The second-order valence-corrected chi connectivity index (χ2v) is 7.88. The number of hydrogen-bond donors (Lipinski definition) is 1. The van der Waals surface area contributed by atoms with Crippen LogP contribution < -0.4 is 5.73 Å². The van der Waals surface area contributed by atoms with Crippen molar-refractivity contribution in [2.24, 2.45) is 5.73 Å². The minimum atomic E-state index is -0.0332. The summed E-state index contributed by atoms with van der Waals surface area (Å²) in [6.07, 6.45) is 0.825. The maximum Gasteiger partial charge on any atom is 0.0857 e. The second-order valence-electron chi connectivity index (χ2n) is 5.24. The number of aromatic nitrogens is 2. The van der Waals surface area contributed by atoms with Gasteiger partial charge in [0.2, 0.25) is 0 Å². The molecular formula is C12H16BrN3S2. The SMILES string of the molecule is CC(C)(C)c1nnsc1C(N)Cc1sccc1Br. The molecule has 2 N–H and O–H groups in total. The van der Waals surface area contributed by atoms with Crippen molar-refractivity contribution < 1.29 is 0 Å². The van der Waals surface area contributed by atoms with E-state index in [2.05, 4.69) is 57.7 Å². The molecular weight excluding hydrogens is 330 g/mol. The van der Waals surface area contributed by atoms with Crippen molar-refractivity contribution in [1.82, 2.24) is 9.59 Å². The number of nitrogens with two attached hydrogens (primary N) is 1. The zero-order valence-corrected chi connectivity index (χ0v) is 13.8. The van der Waals surface area contributed by atoms with Crippen LogP contribution in [0.3, 0.4) is 0 Å². The Labute approximate surface area is 124 Å². The summed E-state index contributed by atoms with van der Waals surface area (Å²) in [7, 11) is 0. The molecule has 1 unspecified atom stereocenters. The van der Waals surface area contributed by atoms with Gasteiger partial charge in [-0.25, -0.2) is 0 Å². The van der Waals surface area contributed by atoms with Gasteiger partial charge in [-0.1, -0.05) is 25.3 Å². The topological polar surface area (TPSA) is 51.8 Å². The fourth-order valence-corrected chi connectivity index (χ4v) is 4.16. The number of hydrogen-bond acceptors (Lipinski definition) is 5. The van der Waals surface area contributed by atoms with Gasteiger partial charge in [0, 0.05) is 27.2 Å². The number of thiophene rings is 1. The fraction of sp³-hybridized carbons (Fsp3) is 0.500. The zero-order valence-electron chi connectivity index (χ0n) is 10.6. The molecule has 0 radical (unpaired) electrons. The Morgan fingerprint density at radius 1 is 1.44 bits per heavy atom. The summed E-state index contributed by atoms with van der Waals surface area (Å²) in [4.78, 5) is 2.37. The van der Waals surface area contributed by atoms with E-state index in [0.29, 0.717) is 0 Å². The molecule has 0 spiro atoms. The van der Waals surface area contributed by atoms with Gasteiger partial charge >= 0.3 is 0 Å². The third kappa shape index (κ3) is 2.99. The lowest BCUT2D eigenvalue weighted by atomic mass is 9.89. The summed E-state index contributed by atoms with van der Waals surface area (Å²) >= 11 is 6.68. The van der Waals surface area contributed by atoms with Gasteiger partial charge < -0.3 is 5.73 Å². The molecule has 0 saturated heterocycles. The first-order chi connectivity index (χ1) is 8.39. The van der Waals surface area contributed by atoms with Crippen molar-refractivity contribution in [2.75, 3.05) is 0 Å². The molecule has 18 heavy (non-hydrogen) atoms. The van der Waals surface area contributed by atoms with Crippen molar-refractivity contribution >= 4 is 38.8 Å². The molecule has 2 heterocycles. The predicted octanol–water partition coefficient (Wildman–Crippen LogP) is 3.90. The number of halogens is 1. The van der Waals surface area contributed by atoms with Gasteiger partial charge in [0.15, 0.2) is 0 Å². The van der Waals surface area contributed by atoms with Gasteiger partial charge in [0.1, 0.15) is 0 Å². The quantitative estimate of drug-likeness (QED) is 0.917. The molecule has 0 saturated carbocycles. The zero-order chi connectivity index (χ0) is 13.3. The van der Waals surface area contributed by atoms with E-state index in [9.17, 15) is 0 Å². The first-order valence-corrected chi connectivity index (χ1v) is 8.14. The summed E-state index contributed by atoms with van der Waals surface area (Å²) in [5.74, 6) is 0. The standard InChI is InChI=1S/C12H16BrN3S2/c1-12(2,3)11-10(18-16-15-11)8(14)6-9-7(13)4-5-17-9/h4-5,8H,6,14H2,1-3H3. The van der Waals surface area contributed by atoms with Crippen LogP contribution in [0.4, 0.5) is 0 Å². The average Bonchev–Trinajstić information content (AvgIpc) is 2.86. The Morgan fingerprint density at radius 3 is 2.72 bits per heavy atom. The van der Waals surface area contributed by atoms with Crippen LogP contribution in [-0.2, 0) is 11.8 Å². The van der Waals surface area contributed by atoms with Crippen LogP contribution in [0, 0.1) is 0 Å². The van der Waals surface area contributed by atoms with E-state index < -0.39 is 0 Å². The van der Waals surface area contributed by atoms with E-state index >= 15 is 0 Å². The summed E-state index contributed by atoms with van der Waals surface area (Å²) in [6.45, 7) is 6.42. The molecule has 0 bridgehead atoms. The normalized spacial score (nSPS) is 13.8. The Balaban J connectivity index is 2.22. The molecule has 2 rings (SSSR count). The molecule has 2 aromatic heterocycles. The van der Waals surface area contributed by atoms with E-state index in [0.717, 1.165) is 21.5 Å². The van der Waals surface area contributed by atoms with Gasteiger partial charge in [0.05, 0.1) is 10.6 Å². The van der Waals surface area contributed by atoms with Crippen molar-refractivity contribution in [3.8, 4) is 0 Å². The molecule has 98 valence electrons. The van der Waals surface area contributed by atoms with Crippen molar-refractivity contribution in [3.05, 3.63) is 31.4 Å². The second kappa shape index (κ2) is 5.36. The molecule has 0 aliphatic heterocycles. The lowest BCUT2D eigenvalue weighted by molar-refractivity contribution is 0.550. The maximum absolute atomic E-state index is 6.31. The van der Waals surface area contributed by atoms with Gasteiger partial charge in [-0.05, 0) is 38.9 Å². The summed E-state index contributed by atoms with van der Waals surface area (Å²) in [5.41, 5.74) is 7.33. The lowest BCUT2D eigenvalue weighted by Gasteiger charge is -2.19. The van der Waals surface area contributed by atoms with E-state index in [1.807, 2.05) is 0 Å². The van der Waals surface area contributed by atoms with Crippen molar-refractivity contribution in [1.29, 1.82) is 0 Å². The highest BCUT2D eigenvalue weighted by atomic mass is 79.9. The summed E-state index contributed by atoms with van der Waals surface area (Å²) in [5, 5.41) is 6.31. The Kier molecular flexibility index (Phi) is 4.21. The minimum absolute atomic E-state index is 0.00731. The Bertz CT molecular complexity index is 527. The van der Waals surface area contributed by atoms with Gasteiger partial charge in [0.25, 0.3) is 0 Å². The van der Waals surface area contributed by atoms with Gasteiger partial charge in [-0.3, -0.25) is 0 Å². The van der Waals surface area contributed by atoms with Gasteiger partial charge in [-0.2, -0.15) is 0 Å². The average molecular weight is 346 g/mol. The van der Waals surface area contributed by atoms with Crippen LogP contribution >= 0.6 is 38.8 Å². The highest BCUT2D eigenvalue weighted by Crippen LogP contribution is 2.33. The minimum Gasteiger partial charge on any atom is -0.323 e. The van der Waals surface area contributed by atoms with Crippen molar-refractivity contribution in [3.63, 3.8) is 0 Å². The van der Waals surface area contributed by atoms with Crippen LogP contribution in [0.1, 0.15) is 42.3 Å². The van der Waals surface area contributed by atoms with Crippen LogP contribution in [0.2, 0.25) is 0 Å². The molecule has 2 aromatic rings. The molecule has 0 aliphatic carbocycles. The van der Waals surface area contributed by atoms with E-state index in [-0.39, 0.29) is 11.5 Å². The lowest BCUT2D eigenvalue weighted by Crippen LogP contribution is -2.20. The first-order valence-electron chi connectivity index (χ1n) is 5.69. The van der Waals surface area contributed by atoms with E-state index in [4.69, 9.17) is 5.73 Å². The largest absolute Gasteiger partial charge is 0.323 e. The van der Waals surface area contributed by atoms with Crippen LogP contribution in [0.25, 0.3) is 0 Å². The van der Waals surface area contributed by atoms with Crippen molar-refractivity contribution in [2.45, 2.75) is 38.6 Å². The fourth-order valence-electron chi connectivity index (χ4n) is 1.72. The first kappa shape index (κ1) is 14.1. The van der Waals surface area contributed by atoms with Crippen LogP contribution in [0.5, 0.6) is 0 Å². The summed E-state index contributed by atoms with van der Waals surface area (Å²) in [6, 6.07) is 2.02. The molecule has 0 amide bonds. The molecule has 0 fully saturated rings. The smallest absolute Gasteiger partial charge is 0.0857 e. The molecule has 0 aliphatic rings. The molecule has 6 heteroatoms. The third-order valence-electron chi connectivity index (χ3n) is 2.66. The van der Waals surface area contributed by atoms with Crippen LogP contribution in [-0.4, -0.2) is 9.59 Å². The third-order valence-corrected chi connectivity index (χ3v) is 5.46. The van der Waals surface area contributed by atoms with E-state index in [1.165, 1.54) is 16.4 Å². The highest BCUT2D eigenvalue weighted by molar-refractivity contribution is 9.10. The van der Waals surface area contributed by atoms with Crippen LogP contribution in [0.15, 0.2) is 15.9 Å². The Morgan fingerprint density at radius 2 is 2.17 bits per heavy atom. The monoisotopic (exact) mass is 345 g/mol. The highest BCUT2D eigenvalue weighted by Gasteiger charge is 2.26. The molecule has 0 aromatic carbocycles. The Hall–Kier alpha value is -0.300. The maximum atomic E-state index is 6.31. The summed E-state index contributed by atoms with van der Waals surface area (Å²) < 4.78 is 5.20. The van der Waals surface area contributed by atoms with E-state index in [1.54, 1.807) is 11.3 Å². The molecule has 1 atom stereocenters. The molecule has 3 nitrogen and oxygen atoms in total.